The van der Waals surface area contributed by atoms with Crippen LogP contribution in [-0.2, 0) is 0 Å². The fraction of sp³-hybridized carbons (Fsp3) is 0. The van der Waals surface area contributed by atoms with E-state index >= 15 is 0 Å². The zero-order valence-corrected chi connectivity index (χ0v) is 25.6. The van der Waals surface area contributed by atoms with Crippen molar-refractivity contribution in [1.29, 1.82) is 0 Å². The second kappa shape index (κ2) is 10.5. The van der Waals surface area contributed by atoms with Crippen LogP contribution in [-0.4, -0.2) is 4.98 Å². The highest BCUT2D eigenvalue weighted by molar-refractivity contribution is 6.20. The molecule has 0 aliphatic carbocycles. The van der Waals surface area contributed by atoms with Crippen molar-refractivity contribution in [3.63, 3.8) is 0 Å². The molecule has 0 amide bonds. The standard InChI is InChI=1S/C43H26N2O3/c1-3-11-28(12-4-1)43-44-41-39(48-43)26-34(42-40(41)33-16-8-10-18-37(33)47-42)27-19-21-30(22-20-27)45(29-13-5-2-6-14-29)31-23-24-38-35(25-31)32-15-7-9-17-36(32)46-38/h1-26H. The molecule has 10 rings (SSSR count). The van der Waals surface area contributed by atoms with E-state index in [2.05, 4.69) is 95.9 Å². The van der Waals surface area contributed by atoms with E-state index in [0.717, 1.165) is 88.7 Å². The maximum atomic E-state index is 6.54. The number of fused-ring (bicyclic) bond motifs is 8. The third-order valence-corrected chi connectivity index (χ3v) is 9.10. The minimum atomic E-state index is 0.588. The number of anilines is 3. The van der Waals surface area contributed by atoms with Gasteiger partial charge in [-0.15, -0.1) is 0 Å². The molecule has 0 fully saturated rings. The van der Waals surface area contributed by atoms with Gasteiger partial charge in [0.1, 0.15) is 27.8 Å². The zero-order chi connectivity index (χ0) is 31.6. The third kappa shape index (κ3) is 4.15. The molecule has 0 saturated heterocycles. The van der Waals surface area contributed by atoms with Gasteiger partial charge < -0.3 is 18.2 Å². The highest BCUT2D eigenvalue weighted by atomic mass is 16.4. The fourth-order valence-corrected chi connectivity index (χ4v) is 6.86. The van der Waals surface area contributed by atoms with E-state index in [4.69, 9.17) is 18.2 Å². The van der Waals surface area contributed by atoms with Crippen molar-refractivity contribution < 1.29 is 13.3 Å². The summed E-state index contributed by atoms with van der Waals surface area (Å²) in [5, 5.41) is 4.16. The largest absolute Gasteiger partial charge is 0.456 e. The molecule has 5 nitrogen and oxygen atoms in total. The van der Waals surface area contributed by atoms with Crippen molar-refractivity contribution in [3.8, 4) is 22.6 Å². The average Bonchev–Trinajstić information content (AvgIpc) is 3.86. The molecule has 0 aliphatic heterocycles. The quantitative estimate of drug-likeness (QED) is 0.192. The molecule has 0 radical (unpaired) electrons. The number of para-hydroxylation sites is 3. The number of hydrogen-bond acceptors (Lipinski definition) is 5. The molecule has 0 atom stereocenters. The van der Waals surface area contributed by atoms with Crippen LogP contribution in [0, 0.1) is 0 Å². The SMILES string of the molecule is c1ccc(-c2nc3c(cc(-c4ccc(N(c5ccccc5)c5ccc6oc7ccccc7c6c5)cc4)c4oc5ccccc5c43)o2)cc1. The summed E-state index contributed by atoms with van der Waals surface area (Å²) in [4.78, 5) is 7.24. The Labute approximate surface area is 274 Å². The molecular weight excluding hydrogens is 592 g/mol. The van der Waals surface area contributed by atoms with Crippen molar-refractivity contribution in [1.82, 2.24) is 4.98 Å². The molecule has 0 aliphatic rings. The summed E-state index contributed by atoms with van der Waals surface area (Å²) < 4.78 is 19.1. The maximum absolute atomic E-state index is 6.54. The van der Waals surface area contributed by atoms with Crippen LogP contribution in [0.3, 0.4) is 0 Å². The van der Waals surface area contributed by atoms with Gasteiger partial charge in [-0.3, -0.25) is 0 Å². The summed E-state index contributed by atoms with van der Waals surface area (Å²) in [5.74, 6) is 0.588. The van der Waals surface area contributed by atoms with E-state index in [0.29, 0.717) is 5.89 Å². The first-order valence-corrected chi connectivity index (χ1v) is 16.0. The predicted octanol–water partition coefficient (Wildman–Crippen LogP) is 12.4. The number of oxazole rings is 1. The van der Waals surface area contributed by atoms with Crippen LogP contribution in [0.5, 0.6) is 0 Å². The number of furan rings is 2. The van der Waals surface area contributed by atoms with Gasteiger partial charge >= 0.3 is 0 Å². The van der Waals surface area contributed by atoms with E-state index in [1.807, 2.05) is 66.7 Å². The van der Waals surface area contributed by atoms with E-state index < -0.39 is 0 Å². The lowest BCUT2D eigenvalue weighted by molar-refractivity contribution is 0.619. The number of hydrogen-bond donors (Lipinski definition) is 0. The van der Waals surface area contributed by atoms with E-state index in [1.165, 1.54) is 0 Å². The van der Waals surface area contributed by atoms with Crippen LogP contribution in [0.15, 0.2) is 171 Å². The zero-order valence-electron chi connectivity index (χ0n) is 25.6. The normalized spacial score (nSPS) is 11.8. The summed E-state index contributed by atoms with van der Waals surface area (Å²) in [6, 6.07) is 53.8. The van der Waals surface area contributed by atoms with Gasteiger partial charge in [0.05, 0.1) is 5.39 Å². The minimum Gasteiger partial charge on any atom is -0.456 e. The summed E-state index contributed by atoms with van der Waals surface area (Å²) in [7, 11) is 0. The minimum absolute atomic E-state index is 0.588. The Morgan fingerprint density at radius 3 is 1.83 bits per heavy atom. The van der Waals surface area contributed by atoms with Gasteiger partial charge in [-0.1, -0.05) is 84.9 Å². The monoisotopic (exact) mass is 618 g/mol. The first-order valence-electron chi connectivity index (χ1n) is 16.0. The van der Waals surface area contributed by atoms with Gasteiger partial charge in [0, 0.05) is 44.3 Å². The molecule has 0 bridgehead atoms. The molecular formula is C43H26N2O3. The molecule has 10 aromatic rings. The summed E-state index contributed by atoms with van der Waals surface area (Å²) in [5.41, 5.74) is 10.9. The Morgan fingerprint density at radius 1 is 0.417 bits per heavy atom. The maximum Gasteiger partial charge on any atom is 0.227 e. The van der Waals surface area contributed by atoms with E-state index in [1.54, 1.807) is 0 Å². The molecule has 0 N–H and O–H groups in total. The van der Waals surface area contributed by atoms with Gasteiger partial charge in [-0.2, -0.15) is 0 Å². The van der Waals surface area contributed by atoms with Crippen molar-refractivity contribution in [2.75, 3.05) is 4.90 Å². The summed E-state index contributed by atoms with van der Waals surface area (Å²) >= 11 is 0. The van der Waals surface area contributed by atoms with Gasteiger partial charge in [0.15, 0.2) is 5.58 Å². The molecule has 5 heteroatoms. The topological polar surface area (TPSA) is 55.6 Å². The van der Waals surface area contributed by atoms with Crippen molar-refractivity contribution in [2.24, 2.45) is 0 Å². The smallest absolute Gasteiger partial charge is 0.227 e. The van der Waals surface area contributed by atoms with E-state index in [9.17, 15) is 0 Å². The Morgan fingerprint density at radius 2 is 1.04 bits per heavy atom. The number of nitrogens with zero attached hydrogens (tertiary/aromatic N) is 2. The van der Waals surface area contributed by atoms with Gasteiger partial charge in [0.2, 0.25) is 5.89 Å². The van der Waals surface area contributed by atoms with Crippen LogP contribution in [0.1, 0.15) is 0 Å². The van der Waals surface area contributed by atoms with Gasteiger partial charge in [0.25, 0.3) is 0 Å². The lowest BCUT2D eigenvalue weighted by atomic mass is 10.0. The Hall–Kier alpha value is -6.59. The van der Waals surface area contributed by atoms with E-state index in [-0.39, 0.29) is 0 Å². The molecule has 0 saturated carbocycles. The Balaban J connectivity index is 1.14. The molecule has 48 heavy (non-hydrogen) atoms. The molecule has 0 unspecified atom stereocenters. The highest BCUT2D eigenvalue weighted by Crippen LogP contribution is 2.43. The van der Waals surface area contributed by atoms with Crippen LogP contribution < -0.4 is 4.90 Å². The molecule has 3 heterocycles. The molecule has 3 aromatic heterocycles. The Bertz CT molecular complexity index is 2770. The fourth-order valence-electron chi connectivity index (χ4n) is 6.86. The molecule has 226 valence electrons. The van der Waals surface area contributed by atoms with Crippen molar-refractivity contribution >= 4 is 72.0 Å². The predicted molar refractivity (Wildman–Crippen MR) is 194 cm³/mol. The van der Waals surface area contributed by atoms with Crippen LogP contribution in [0.25, 0.3) is 77.6 Å². The number of rotatable bonds is 5. The third-order valence-electron chi connectivity index (χ3n) is 9.10. The second-order valence-corrected chi connectivity index (χ2v) is 12.0. The second-order valence-electron chi connectivity index (χ2n) is 12.0. The molecule has 0 spiro atoms. The highest BCUT2D eigenvalue weighted by Gasteiger charge is 2.21. The molecule has 7 aromatic carbocycles. The number of benzene rings is 7. The van der Waals surface area contributed by atoms with Crippen molar-refractivity contribution in [2.45, 2.75) is 0 Å². The van der Waals surface area contributed by atoms with Gasteiger partial charge in [-0.05, 0) is 78.4 Å². The summed E-state index contributed by atoms with van der Waals surface area (Å²) in [6.07, 6.45) is 0. The van der Waals surface area contributed by atoms with Crippen LogP contribution in [0.2, 0.25) is 0 Å². The first kappa shape index (κ1) is 26.6. The lowest BCUT2D eigenvalue weighted by Crippen LogP contribution is -2.09. The summed E-state index contributed by atoms with van der Waals surface area (Å²) in [6.45, 7) is 0. The van der Waals surface area contributed by atoms with Crippen LogP contribution >= 0.6 is 0 Å². The van der Waals surface area contributed by atoms with Gasteiger partial charge in [-0.25, -0.2) is 4.98 Å². The Kier molecular flexibility index (Phi) is 5.81. The lowest BCUT2D eigenvalue weighted by Gasteiger charge is -2.25. The average molecular weight is 619 g/mol. The number of aromatic nitrogens is 1. The van der Waals surface area contributed by atoms with Crippen molar-refractivity contribution in [3.05, 3.63) is 158 Å². The van der Waals surface area contributed by atoms with Crippen LogP contribution in [0.4, 0.5) is 17.1 Å². The first-order chi connectivity index (χ1) is 23.8.